The Balaban J connectivity index is 1.73. The van der Waals surface area contributed by atoms with E-state index in [1.807, 2.05) is 18.2 Å². The average Bonchev–Trinajstić information content (AvgIpc) is 2.97. The second-order valence-corrected chi connectivity index (χ2v) is 10.1. The lowest BCUT2D eigenvalue weighted by Crippen LogP contribution is -2.49. The van der Waals surface area contributed by atoms with Crippen molar-refractivity contribution < 1.29 is 24.3 Å². The highest BCUT2D eigenvalue weighted by molar-refractivity contribution is 7.80. The van der Waals surface area contributed by atoms with E-state index in [-0.39, 0.29) is 50.7 Å². The molecule has 2 aliphatic heterocycles. The average molecular weight is 553 g/mol. The number of anilines is 1. The fourth-order valence-electron chi connectivity index (χ4n) is 5.45. The molecular weight excluding hydrogens is 528 g/mol. The fourth-order valence-corrected chi connectivity index (χ4v) is 5.68. The van der Waals surface area contributed by atoms with Gasteiger partial charge in [-0.25, -0.2) is 9.74 Å². The number of unbranched alkanes of at least 4 members (excludes halogenated alkanes) is 1. The summed E-state index contributed by atoms with van der Waals surface area (Å²) in [6.45, 7) is 9.01. The van der Waals surface area contributed by atoms with E-state index in [4.69, 9.17) is 6.57 Å². The Morgan fingerprint density at radius 3 is 2.25 bits per heavy atom. The molecule has 1 atom stereocenters. The number of rotatable bonds is 8. The van der Waals surface area contributed by atoms with Crippen molar-refractivity contribution in [1.29, 1.82) is 5.26 Å². The first-order valence-electron chi connectivity index (χ1n) is 12.8. The number of hydrogen-bond donors (Lipinski definition) is 2. The van der Waals surface area contributed by atoms with E-state index in [9.17, 15) is 29.5 Å². The van der Waals surface area contributed by atoms with Crippen molar-refractivity contribution in [3.8, 4) is 6.07 Å². The number of nitrogens with zero attached hydrogens (tertiary/aromatic N) is 4. The maximum Gasteiger partial charge on any atom is 0.265 e. The Labute approximate surface area is 235 Å². The molecule has 4 amide bonds. The summed E-state index contributed by atoms with van der Waals surface area (Å²) < 4.78 is 0. The molecule has 1 unspecified atom stereocenters. The topological polar surface area (TPSA) is 123 Å². The molecule has 0 aliphatic carbocycles. The number of aliphatic hydroxyl groups excluding tert-OH is 1. The summed E-state index contributed by atoms with van der Waals surface area (Å²) in [7, 11) is 0. The van der Waals surface area contributed by atoms with Gasteiger partial charge in [0.05, 0.1) is 41.6 Å². The zero-order valence-corrected chi connectivity index (χ0v) is 22.5. The van der Waals surface area contributed by atoms with Gasteiger partial charge < -0.3 is 5.11 Å². The van der Waals surface area contributed by atoms with E-state index >= 15 is 0 Å². The van der Waals surface area contributed by atoms with Gasteiger partial charge in [-0.15, -0.1) is 0 Å². The normalized spacial score (nSPS) is 14.9. The number of carbonyl (C=O) groups is 4. The molecular formula is C30H24N4O5S. The van der Waals surface area contributed by atoms with Gasteiger partial charge in [-0.2, -0.15) is 17.9 Å². The first-order chi connectivity index (χ1) is 19.3. The molecule has 3 aromatic rings. The van der Waals surface area contributed by atoms with Crippen LogP contribution < -0.4 is 4.90 Å². The number of hydrogen-bond acceptors (Lipinski definition) is 7. The van der Waals surface area contributed by atoms with Gasteiger partial charge in [0.2, 0.25) is 5.69 Å². The van der Waals surface area contributed by atoms with Gasteiger partial charge in [-0.1, -0.05) is 19.1 Å². The van der Waals surface area contributed by atoms with E-state index in [1.165, 1.54) is 12.1 Å². The molecule has 9 nitrogen and oxygen atoms in total. The third-order valence-corrected chi connectivity index (χ3v) is 7.79. The third-order valence-electron chi connectivity index (χ3n) is 7.47. The molecule has 40 heavy (non-hydrogen) atoms. The highest BCUT2D eigenvalue weighted by atomic mass is 32.1. The number of nitriles is 1. The van der Waals surface area contributed by atoms with Crippen LogP contribution in [0.1, 0.15) is 78.7 Å². The molecule has 200 valence electrons. The highest BCUT2D eigenvalue weighted by Crippen LogP contribution is 2.44. The van der Waals surface area contributed by atoms with Crippen LogP contribution >= 0.6 is 12.6 Å². The lowest BCUT2D eigenvalue weighted by molar-refractivity contribution is 0.0465. The molecule has 0 fully saturated rings. The SMILES string of the molecule is [C-]#[N+]c1cc2c3c(c(C#N)cc4c3c1C(=O)N(c1ccc(CCCCS)cc1)C4=O)C(=O)N(C(CC)CO)C2=O. The van der Waals surface area contributed by atoms with Crippen molar-refractivity contribution >= 4 is 58.4 Å². The molecule has 0 saturated carbocycles. The predicted molar refractivity (Wildman–Crippen MR) is 151 cm³/mol. The maximum absolute atomic E-state index is 13.9. The monoisotopic (exact) mass is 552 g/mol. The summed E-state index contributed by atoms with van der Waals surface area (Å²) in [5, 5.41) is 19.9. The standard InChI is InChI=1S/C30H24N4O5S/c1-3-18(15-35)33-28(37)21-13-22(32-2)26-25-20(12-17(14-31)23(24(21)25)29(33)38)27(36)34(30(26)39)19-9-7-16(8-10-19)6-4-5-11-40/h7-10,12-13,18,35,40H,3-6,11,15H2,1H3. The van der Waals surface area contributed by atoms with E-state index < -0.39 is 36.3 Å². The van der Waals surface area contributed by atoms with Gasteiger partial charge in [0.1, 0.15) is 6.07 Å². The number of benzene rings is 3. The minimum Gasteiger partial charge on any atom is -0.394 e. The van der Waals surface area contributed by atoms with Crippen molar-refractivity contribution in [2.75, 3.05) is 17.3 Å². The first kappa shape index (κ1) is 27.1. The van der Waals surface area contributed by atoms with Gasteiger partial charge in [0.15, 0.2) is 0 Å². The number of aliphatic hydroxyl groups is 1. The van der Waals surface area contributed by atoms with E-state index in [1.54, 1.807) is 19.1 Å². The summed E-state index contributed by atoms with van der Waals surface area (Å²) in [6.07, 6.45) is 2.99. The molecule has 5 rings (SSSR count). The van der Waals surface area contributed by atoms with Gasteiger partial charge in [-0.05, 0) is 66.7 Å². The molecule has 3 aromatic carbocycles. The fraction of sp³-hybridized carbons (Fsp3) is 0.267. The predicted octanol–water partition coefficient (Wildman–Crippen LogP) is 4.68. The van der Waals surface area contributed by atoms with E-state index in [0.29, 0.717) is 5.69 Å². The van der Waals surface area contributed by atoms with E-state index in [0.717, 1.165) is 40.4 Å². The van der Waals surface area contributed by atoms with Crippen molar-refractivity contribution in [3.63, 3.8) is 0 Å². The van der Waals surface area contributed by atoms with Crippen LogP contribution in [-0.4, -0.2) is 52.0 Å². The lowest BCUT2D eigenvalue weighted by Gasteiger charge is -2.35. The van der Waals surface area contributed by atoms with Gasteiger partial charge in [-0.3, -0.25) is 24.1 Å². The van der Waals surface area contributed by atoms with Crippen molar-refractivity contribution in [2.45, 2.75) is 38.6 Å². The van der Waals surface area contributed by atoms with Crippen LogP contribution in [0.3, 0.4) is 0 Å². The zero-order chi connectivity index (χ0) is 28.7. The number of thiol groups is 1. The second kappa shape index (κ2) is 10.6. The quantitative estimate of drug-likeness (QED) is 0.181. The summed E-state index contributed by atoms with van der Waals surface area (Å²) in [4.78, 5) is 60.3. The van der Waals surface area contributed by atoms with Crippen LogP contribution in [0.2, 0.25) is 0 Å². The van der Waals surface area contributed by atoms with Crippen molar-refractivity contribution in [2.24, 2.45) is 0 Å². The molecule has 0 spiro atoms. The molecule has 2 heterocycles. The Kier molecular flexibility index (Phi) is 7.16. The summed E-state index contributed by atoms with van der Waals surface area (Å²) >= 11 is 4.23. The Bertz CT molecular complexity index is 1700. The largest absolute Gasteiger partial charge is 0.394 e. The highest BCUT2D eigenvalue weighted by Gasteiger charge is 2.44. The van der Waals surface area contributed by atoms with Crippen molar-refractivity contribution in [3.05, 3.63) is 81.2 Å². The molecule has 0 radical (unpaired) electrons. The van der Waals surface area contributed by atoms with Crippen LogP contribution in [0.5, 0.6) is 0 Å². The minimum atomic E-state index is -0.849. The van der Waals surface area contributed by atoms with Crippen LogP contribution in [0.25, 0.3) is 15.6 Å². The van der Waals surface area contributed by atoms with Crippen LogP contribution in [0.4, 0.5) is 11.4 Å². The molecule has 2 aliphatic rings. The van der Waals surface area contributed by atoms with Gasteiger partial charge in [0.25, 0.3) is 23.6 Å². The summed E-state index contributed by atoms with van der Waals surface area (Å²) in [6, 6.07) is 10.6. The summed E-state index contributed by atoms with van der Waals surface area (Å²) in [5.41, 5.74) is 0.711. The number of imide groups is 2. The Hall–Kier alpha value is -4.51. The van der Waals surface area contributed by atoms with Crippen LogP contribution in [0, 0.1) is 17.9 Å². The van der Waals surface area contributed by atoms with Gasteiger partial charge in [0, 0.05) is 16.5 Å². The third kappa shape index (κ3) is 3.96. The Morgan fingerprint density at radius 2 is 1.65 bits per heavy atom. The lowest BCUT2D eigenvalue weighted by atomic mass is 9.82. The molecule has 1 N–H and O–H groups in total. The minimum absolute atomic E-state index is 0.0105. The first-order valence-corrected chi connectivity index (χ1v) is 13.5. The molecule has 10 heteroatoms. The van der Waals surface area contributed by atoms with Crippen molar-refractivity contribution in [1.82, 2.24) is 4.90 Å². The summed E-state index contributed by atoms with van der Waals surface area (Å²) in [5.74, 6) is -2.24. The second-order valence-electron chi connectivity index (χ2n) is 9.66. The molecule has 0 saturated heterocycles. The zero-order valence-electron chi connectivity index (χ0n) is 21.6. The number of amides is 4. The molecule has 0 aromatic heterocycles. The number of aryl methyl sites for hydroxylation is 1. The van der Waals surface area contributed by atoms with E-state index in [2.05, 4.69) is 17.5 Å². The maximum atomic E-state index is 13.9. The van der Waals surface area contributed by atoms with Crippen LogP contribution in [0.15, 0.2) is 36.4 Å². The van der Waals surface area contributed by atoms with Crippen LogP contribution in [-0.2, 0) is 6.42 Å². The molecule has 0 bridgehead atoms. The smallest absolute Gasteiger partial charge is 0.265 e. The van der Waals surface area contributed by atoms with Gasteiger partial charge >= 0.3 is 0 Å². The number of carbonyl (C=O) groups excluding carboxylic acids is 4. The Morgan fingerprint density at radius 1 is 0.975 bits per heavy atom.